The maximum atomic E-state index is 12.7. The molecule has 0 amide bonds. The molecule has 1 aliphatic carbocycles. The zero-order valence-electron chi connectivity index (χ0n) is 8.47. The van der Waals surface area contributed by atoms with E-state index in [-0.39, 0.29) is 11.5 Å². The number of halogens is 2. The van der Waals surface area contributed by atoms with Crippen LogP contribution in [0.3, 0.4) is 0 Å². The zero-order valence-corrected chi connectivity index (χ0v) is 8.47. The SMILES string of the molecule is COc1ccc(C(=C(F)F)C2CC2)cc1. The van der Waals surface area contributed by atoms with E-state index in [2.05, 4.69) is 0 Å². The summed E-state index contributed by atoms with van der Waals surface area (Å²) >= 11 is 0. The van der Waals surface area contributed by atoms with Gasteiger partial charge in [0.25, 0.3) is 6.08 Å². The van der Waals surface area contributed by atoms with Crippen molar-refractivity contribution in [1.29, 1.82) is 0 Å². The molecule has 1 nitrogen and oxygen atoms in total. The number of methoxy groups -OCH3 is 1. The van der Waals surface area contributed by atoms with Crippen molar-refractivity contribution in [2.24, 2.45) is 5.92 Å². The standard InChI is InChI=1S/C12H12F2O/c1-15-10-6-4-9(5-7-10)11(12(13)14)8-2-3-8/h4-8H,2-3H2,1H3. The highest BCUT2D eigenvalue weighted by atomic mass is 19.3. The average Bonchev–Trinajstić information content (AvgIpc) is 3.03. The summed E-state index contributed by atoms with van der Waals surface area (Å²) in [5, 5.41) is 0. The molecule has 0 unspecified atom stereocenters. The predicted molar refractivity (Wildman–Crippen MR) is 54.9 cm³/mol. The molecular weight excluding hydrogens is 198 g/mol. The average molecular weight is 210 g/mol. The van der Waals surface area contributed by atoms with E-state index in [1.165, 1.54) is 0 Å². The lowest BCUT2D eigenvalue weighted by Crippen LogP contribution is -1.89. The minimum atomic E-state index is -1.55. The van der Waals surface area contributed by atoms with E-state index in [1.807, 2.05) is 0 Å². The maximum absolute atomic E-state index is 12.7. The van der Waals surface area contributed by atoms with Gasteiger partial charge in [-0.2, -0.15) is 8.78 Å². The molecule has 1 saturated carbocycles. The van der Waals surface area contributed by atoms with Gasteiger partial charge in [-0.1, -0.05) is 12.1 Å². The molecule has 1 aromatic rings. The third-order valence-corrected chi connectivity index (χ3v) is 2.59. The van der Waals surface area contributed by atoms with E-state index in [0.29, 0.717) is 11.3 Å². The second kappa shape index (κ2) is 4.01. The van der Waals surface area contributed by atoms with E-state index >= 15 is 0 Å². The Morgan fingerprint density at radius 3 is 2.20 bits per heavy atom. The van der Waals surface area contributed by atoms with Crippen LogP contribution in [0.15, 0.2) is 30.3 Å². The van der Waals surface area contributed by atoms with Crippen LogP contribution in [-0.4, -0.2) is 7.11 Å². The van der Waals surface area contributed by atoms with Gasteiger partial charge >= 0.3 is 0 Å². The van der Waals surface area contributed by atoms with Crippen LogP contribution in [0.1, 0.15) is 18.4 Å². The Kier molecular flexibility index (Phi) is 2.71. The first kappa shape index (κ1) is 10.1. The summed E-state index contributed by atoms with van der Waals surface area (Å²) in [7, 11) is 1.56. The Morgan fingerprint density at radius 1 is 1.20 bits per heavy atom. The monoisotopic (exact) mass is 210 g/mol. The second-order valence-corrected chi connectivity index (χ2v) is 3.68. The molecule has 0 aliphatic heterocycles. The van der Waals surface area contributed by atoms with Gasteiger partial charge in [0.15, 0.2) is 0 Å². The van der Waals surface area contributed by atoms with Crippen molar-refractivity contribution < 1.29 is 13.5 Å². The number of hydrogen-bond donors (Lipinski definition) is 0. The van der Waals surface area contributed by atoms with Crippen molar-refractivity contribution in [1.82, 2.24) is 0 Å². The molecule has 0 radical (unpaired) electrons. The maximum Gasteiger partial charge on any atom is 0.274 e. The third kappa shape index (κ3) is 2.17. The Labute approximate surface area is 87.4 Å². The highest BCUT2D eigenvalue weighted by Crippen LogP contribution is 2.44. The van der Waals surface area contributed by atoms with Gasteiger partial charge in [-0.3, -0.25) is 0 Å². The molecular formula is C12H12F2O. The Balaban J connectivity index is 2.31. The van der Waals surface area contributed by atoms with E-state index in [4.69, 9.17) is 4.74 Å². The molecule has 1 aliphatic rings. The molecule has 3 heteroatoms. The van der Waals surface area contributed by atoms with Crippen molar-refractivity contribution in [3.63, 3.8) is 0 Å². The normalized spacial score (nSPS) is 14.9. The first-order valence-electron chi connectivity index (χ1n) is 4.92. The molecule has 0 aromatic heterocycles. The number of rotatable bonds is 3. The van der Waals surface area contributed by atoms with Crippen LogP contribution >= 0.6 is 0 Å². The lowest BCUT2D eigenvalue weighted by molar-refractivity contribution is 0.414. The summed E-state index contributed by atoms with van der Waals surface area (Å²) < 4.78 is 30.4. The Hall–Kier alpha value is -1.38. The van der Waals surface area contributed by atoms with Crippen molar-refractivity contribution in [3.05, 3.63) is 35.9 Å². The first-order valence-corrected chi connectivity index (χ1v) is 4.92. The van der Waals surface area contributed by atoms with Crippen LogP contribution in [0, 0.1) is 5.92 Å². The van der Waals surface area contributed by atoms with Crippen molar-refractivity contribution in [2.75, 3.05) is 7.11 Å². The minimum Gasteiger partial charge on any atom is -0.497 e. The van der Waals surface area contributed by atoms with E-state index in [9.17, 15) is 8.78 Å². The lowest BCUT2D eigenvalue weighted by Gasteiger charge is -2.06. The molecule has 0 N–H and O–H groups in total. The topological polar surface area (TPSA) is 9.23 Å². The largest absolute Gasteiger partial charge is 0.497 e. The Morgan fingerprint density at radius 2 is 1.80 bits per heavy atom. The molecule has 0 saturated heterocycles. The second-order valence-electron chi connectivity index (χ2n) is 3.68. The highest BCUT2D eigenvalue weighted by molar-refractivity contribution is 5.70. The molecule has 0 heterocycles. The van der Waals surface area contributed by atoms with Crippen molar-refractivity contribution in [3.8, 4) is 5.75 Å². The van der Waals surface area contributed by atoms with E-state index < -0.39 is 6.08 Å². The van der Waals surface area contributed by atoms with E-state index in [0.717, 1.165) is 12.8 Å². The molecule has 0 bridgehead atoms. The van der Waals surface area contributed by atoms with Gasteiger partial charge in [0.05, 0.1) is 7.11 Å². The number of allylic oxidation sites excluding steroid dienone is 1. The fourth-order valence-corrected chi connectivity index (χ4v) is 1.64. The molecule has 1 aromatic carbocycles. The van der Waals surface area contributed by atoms with Crippen molar-refractivity contribution >= 4 is 5.57 Å². The number of hydrogen-bond acceptors (Lipinski definition) is 1. The third-order valence-electron chi connectivity index (χ3n) is 2.59. The van der Waals surface area contributed by atoms with Gasteiger partial charge in [0, 0.05) is 5.57 Å². The van der Waals surface area contributed by atoms with Gasteiger partial charge in [-0.05, 0) is 36.5 Å². The molecule has 2 rings (SSSR count). The molecule has 1 fully saturated rings. The van der Waals surface area contributed by atoms with Gasteiger partial charge in [-0.25, -0.2) is 0 Å². The summed E-state index contributed by atoms with van der Waals surface area (Å²) in [6.45, 7) is 0. The van der Waals surface area contributed by atoms with Crippen LogP contribution in [-0.2, 0) is 0 Å². The lowest BCUT2D eigenvalue weighted by atomic mass is 10.0. The van der Waals surface area contributed by atoms with E-state index in [1.54, 1.807) is 31.4 Å². The number of benzene rings is 1. The van der Waals surface area contributed by atoms with Crippen LogP contribution in [0.25, 0.3) is 5.57 Å². The van der Waals surface area contributed by atoms with Crippen LogP contribution in [0.5, 0.6) is 5.75 Å². The summed E-state index contributed by atoms with van der Waals surface area (Å²) in [5.74, 6) is 0.747. The van der Waals surface area contributed by atoms with Gasteiger partial charge in [-0.15, -0.1) is 0 Å². The summed E-state index contributed by atoms with van der Waals surface area (Å²) in [4.78, 5) is 0. The molecule has 15 heavy (non-hydrogen) atoms. The highest BCUT2D eigenvalue weighted by Gasteiger charge is 2.30. The van der Waals surface area contributed by atoms with Crippen molar-refractivity contribution in [2.45, 2.75) is 12.8 Å². The van der Waals surface area contributed by atoms with Gasteiger partial charge in [0.1, 0.15) is 5.75 Å². The minimum absolute atomic E-state index is 0.0587. The van der Waals surface area contributed by atoms with Gasteiger partial charge in [0.2, 0.25) is 0 Å². The van der Waals surface area contributed by atoms with Crippen LogP contribution < -0.4 is 4.74 Å². The predicted octanol–water partition coefficient (Wildman–Crippen LogP) is 3.71. The van der Waals surface area contributed by atoms with Crippen LogP contribution in [0.4, 0.5) is 8.78 Å². The quantitative estimate of drug-likeness (QED) is 0.738. The smallest absolute Gasteiger partial charge is 0.274 e. The number of ether oxygens (including phenoxy) is 1. The van der Waals surface area contributed by atoms with Crippen LogP contribution in [0.2, 0.25) is 0 Å². The summed E-state index contributed by atoms with van der Waals surface area (Å²) in [6, 6.07) is 6.79. The summed E-state index contributed by atoms with van der Waals surface area (Å²) in [6.07, 6.45) is 0.194. The summed E-state index contributed by atoms with van der Waals surface area (Å²) in [5.41, 5.74) is 0.816. The fourth-order valence-electron chi connectivity index (χ4n) is 1.64. The molecule has 80 valence electrons. The van der Waals surface area contributed by atoms with Gasteiger partial charge < -0.3 is 4.74 Å². The molecule has 0 spiro atoms. The zero-order chi connectivity index (χ0) is 10.8. The first-order chi connectivity index (χ1) is 7.22. The fraction of sp³-hybridized carbons (Fsp3) is 0.333. The Bertz CT molecular complexity index is 373. The molecule has 0 atom stereocenters.